The highest BCUT2D eigenvalue weighted by molar-refractivity contribution is 6.07. The number of aliphatic hydroxyl groups is 1. The summed E-state index contributed by atoms with van der Waals surface area (Å²) in [6.07, 6.45) is 1.65. The molecule has 5 rings (SSSR count). The van der Waals surface area contributed by atoms with Crippen molar-refractivity contribution in [1.82, 2.24) is 15.2 Å². The Kier molecular flexibility index (Phi) is 5.64. The number of carboxylic acid groups (broad SMARTS) is 1. The van der Waals surface area contributed by atoms with Crippen LogP contribution in [0.25, 0.3) is 32.8 Å². The van der Waals surface area contributed by atoms with Gasteiger partial charge in [-0.05, 0) is 59.5 Å². The number of aromatic nitrogens is 3. The van der Waals surface area contributed by atoms with Gasteiger partial charge in [0.15, 0.2) is 11.6 Å². The van der Waals surface area contributed by atoms with Crippen molar-refractivity contribution in [1.29, 1.82) is 0 Å². The summed E-state index contributed by atoms with van der Waals surface area (Å²) in [5.74, 6) is -2.48. The van der Waals surface area contributed by atoms with Gasteiger partial charge in [-0.3, -0.25) is 5.10 Å². The van der Waals surface area contributed by atoms with Gasteiger partial charge in [-0.25, -0.2) is 18.6 Å². The van der Waals surface area contributed by atoms with Gasteiger partial charge in [0.1, 0.15) is 5.75 Å². The molecule has 5 aromatic rings. The summed E-state index contributed by atoms with van der Waals surface area (Å²) in [7, 11) is 0. The van der Waals surface area contributed by atoms with Crippen molar-refractivity contribution in [3.63, 3.8) is 0 Å². The number of nitrogens with one attached hydrogen (secondary N) is 1. The second-order valence-corrected chi connectivity index (χ2v) is 9.10. The van der Waals surface area contributed by atoms with Crippen LogP contribution in [-0.4, -0.2) is 38.0 Å². The third-order valence-corrected chi connectivity index (χ3v) is 6.09. The van der Waals surface area contributed by atoms with Gasteiger partial charge in [-0.1, -0.05) is 19.9 Å². The molecule has 0 saturated carbocycles. The number of H-pyrrole nitrogens is 1. The molecule has 7 nitrogen and oxygen atoms in total. The highest BCUT2D eigenvalue weighted by Gasteiger charge is 2.29. The molecule has 0 spiro atoms. The normalized spacial score (nSPS) is 11.8. The zero-order valence-electron chi connectivity index (χ0n) is 19.3. The minimum Gasteiger partial charge on any atom is -0.478 e. The predicted octanol–water partition coefficient (Wildman–Crippen LogP) is 5.82. The summed E-state index contributed by atoms with van der Waals surface area (Å²) in [4.78, 5) is 16.0. The Bertz CT molecular complexity index is 1630. The van der Waals surface area contributed by atoms with Crippen LogP contribution in [-0.2, 0) is 5.41 Å². The number of carboxylic acids is 1. The summed E-state index contributed by atoms with van der Waals surface area (Å²) in [5, 5.41) is 28.4. The van der Waals surface area contributed by atoms with Crippen molar-refractivity contribution in [2.45, 2.75) is 19.3 Å². The fourth-order valence-corrected chi connectivity index (χ4v) is 4.08. The van der Waals surface area contributed by atoms with E-state index in [0.717, 1.165) is 17.5 Å². The van der Waals surface area contributed by atoms with Crippen LogP contribution >= 0.6 is 0 Å². The molecule has 3 N–H and O–H groups in total. The van der Waals surface area contributed by atoms with Crippen LogP contribution in [0.15, 0.2) is 60.8 Å². The molecule has 0 saturated heterocycles. The first-order valence-electron chi connectivity index (χ1n) is 11.1. The average Bonchev–Trinajstić information content (AvgIpc) is 3.32. The van der Waals surface area contributed by atoms with Crippen molar-refractivity contribution in [3.05, 3.63) is 83.7 Å². The lowest BCUT2D eigenvalue weighted by Crippen LogP contribution is -2.25. The fraction of sp³-hybridized carbons (Fsp3) is 0.148. The van der Waals surface area contributed by atoms with Crippen LogP contribution in [0, 0.1) is 11.6 Å². The summed E-state index contributed by atoms with van der Waals surface area (Å²) in [6.45, 7) is 3.29. The Morgan fingerprint density at radius 2 is 1.78 bits per heavy atom. The standard InChI is InChI=1S/C27H21F2N3O4/c1-27(2,13-33)24-23(15-5-8-20(28)21(29)10-15)18-9-16-12-30-32-22(16)11-19(18)25(31-24)36-17-6-3-14(4-7-17)26(34)35/h3-12,33H,13H2,1-2H3,(H,30,32)(H,34,35). The molecule has 0 radical (unpaired) electrons. The van der Waals surface area contributed by atoms with Crippen molar-refractivity contribution in [3.8, 4) is 22.8 Å². The molecule has 0 aliphatic heterocycles. The molecule has 0 unspecified atom stereocenters. The van der Waals surface area contributed by atoms with Gasteiger partial charge in [0.25, 0.3) is 0 Å². The van der Waals surface area contributed by atoms with Gasteiger partial charge in [0.2, 0.25) is 5.88 Å². The minimum absolute atomic E-state index is 0.107. The first-order chi connectivity index (χ1) is 17.2. The first kappa shape index (κ1) is 23.4. The van der Waals surface area contributed by atoms with Gasteiger partial charge >= 0.3 is 5.97 Å². The fourth-order valence-electron chi connectivity index (χ4n) is 4.08. The lowest BCUT2D eigenvalue weighted by atomic mass is 9.82. The maximum Gasteiger partial charge on any atom is 0.335 e. The van der Waals surface area contributed by atoms with Crippen LogP contribution in [0.5, 0.6) is 11.6 Å². The van der Waals surface area contributed by atoms with Crippen molar-refractivity contribution in [2.75, 3.05) is 6.61 Å². The van der Waals surface area contributed by atoms with E-state index >= 15 is 0 Å². The number of hydrogen-bond acceptors (Lipinski definition) is 5. The number of aromatic carboxylic acids is 1. The Labute approximate surface area is 204 Å². The second-order valence-electron chi connectivity index (χ2n) is 9.10. The van der Waals surface area contributed by atoms with Gasteiger partial charge in [0, 0.05) is 21.8 Å². The molecule has 0 bridgehead atoms. The number of benzene rings is 3. The van der Waals surface area contributed by atoms with Gasteiger partial charge in [-0.15, -0.1) is 0 Å². The van der Waals surface area contributed by atoms with E-state index in [9.17, 15) is 23.8 Å². The van der Waals surface area contributed by atoms with E-state index < -0.39 is 23.0 Å². The molecular formula is C27H21F2N3O4. The highest BCUT2D eigenvalue weighted by Crippen LogP contribution is 2.43. The number of carbonyl (C=O) groups is 1. The van der Waals surface area contributed by atoms with Gasteiger partial charge in [-0.2, -0.15) is 5.10 Å². The Morgan fingerprint density at radius 1 is 1.03 bits per heavy atom. The maximum atomic E-state index is 14.3. The number of aliphatic hydroxyl groups excluding tert-OH is 1. The topological polar surface area (TPSA) is 108 Å². The molecule has 2 heterocycles. The molecule has 0 amide bonds. The lowest BCUT2D eigenvalue weighted by Gasteiger charge is -2.26. The van der Waals surface area contributed by atoms with E-state index in [4.69, 9.17) is 9.72 Å². The number of pyridine rings is 1. The number of fused-ring (bicyclic) bond motifs is 2. The van der Waals surface area contributed by atoms with Gasteiger partial charge in [0.05, 0.1) is 29.6 Å². The van der Waals surface area contributed by atoms with E-state index in [1.165, 1.54) is 30.3 Å². The molecule has 0 aliphatic rings. The Morgan fingerprint density at radius 3 is 2.44 bits per heavy atom. The molecular weight excluding hydrogens is 468 g/mol. The van der Waals surface area contributed by atoms with Crippen LogP contribution in [0.2, 0.25) is 0 Å². The molecule has 182 valence electrons. The number of nitrogens with zero attached hydrogens (tertiary/aromatic N) is 2. The van der Waals surface area contributed by atoms with Crippen molar-refractivity contribution < 1.29 is 28.5 Å². The SMILES string of the molecule is CC(C)(CO)c1nc(Oc2ccc(C(=O)O)cc2)c2cc3[nH]ncc3cc2c1-c1ccc(F)c(F)c1. The summed E-state index contributed by atoms with van der Waals surface area (Å²) in [5.41, 5.74) is 1.27. The third kappa shape index (κ3) is 4.03. The van der Waals surface area contributed by atoms with Crippen LogP contribution in [0.4, 0.5) is 8.78 Å². The quantitative estimate of drug-likeness (QED) is 0.278. The summed E-state index contributed by atoms with van der Waals surface area (Å²) in [6, 6.07) is 13.1. The smallest absolute Gasteiger partial charge is 0.335 e. The summed E-state index contributed by atoms with van der Waals surface area (Å²) < 4.78 is 34.2. The van der Waals surface area contributed by atoms with E-state index in [1.54, 1.807) is 26.1 Å². The molecule has 0 fully saturated rings. The third-order valence-electron chi connectivity index (χ3n) is 6.09. The average molecular weight is 489 g/mol. The molecule has 3 aromatic carbocycles. The second kappa shape index (κ2) is 8.69. The number of ether oxygens (including phenoxy) is 1. The largest absolute Gasteiger partial charge is 0.478 e. The zero-order chi connectivity index (χ0) is 25.6. The lowest BCUT2D eigenvalue weighted by molar-refractivity contribution is 0.0697. The van der Waals surface area contributed by atoms with E-state index in [-0.39, 0.29) is 18.1 Å². The monoisotopic (exact) mass is 489 g/mol. The molecule has 0 aliphatic carbocycles. The molecule has 36 heavy (non-hydrogen) atoms. The molecule has 9 heteroatoms. The number of halogens is 2. The number of rotatable bonds is 6. The highest BCUT2D eigenvalue weighted by atomic mass is 19.2. The molecule has 2 aromatic heterocycles. The number of aromatic amines is 1. The zero-order valence-corrected chi connectivity index (χ0v) is 19.3. The van der Waals surface area contributed by atoms with E-state index in [0.29, 0.717) is 38.9 Å². The van der Waals surface area contributed by atoms with E-state index in [1.807, 2.05) is 6.07 Å². The predicted molar refractivity (Wildman–Crippen MR) is 130 cm³/mol. The summed E-state index contributed by atoms with van der Waals surface area (Å²) >= 11 is 0. The van der Waals surface area contributed by atoms with E-state index in [2.05, 4.69) is 10.2 Å². The van der Waals surface area contributed by atoms with Crippen molar-refractivity contribution >= 4 is 27.6 Å². The number of hydrogen-bond donors (Lipinski definition) is 3. The minimum atomic E-state index is -1.06. The van der Waals surface area contributed by atoms with Crippen LogP contribution < -0.4 is 4.74 Å². The maximum absolute atomic E-state index is 14.3. The molecule has 0 atom stereocenters. The van der Waals surface area contributed by atoms with Crippen LogP contribution in [0.3, 0.4) is 0 Å². The Balaban J connectivity index is 1.82. The van der Waals surface area contributed by atoms with Gasteiger partial charge < -0.3 is 14.9 Å². The van der Waals surface area contributed by atoms with Crippen LogP contribution in [0.1, 0.15) is 29.9 Å². The van der Waals surface area contributed by atoms with Crippen molar-refractivity contribution in [2.24, 2.45) is 0 Å². The Hall–Kier alpha value is -4.37. The first-order valence-corrected chi connectivity index (χ1v) is 11.1.